The van der Waals surface area contributed by atoms with E-state index in [9.17, 15) is 29.2 Å². The lowest BCUT2D eigenvalue weighted by molar-refractivity contribution is -0.140. The van der Waals surface area contributed by atoms with Gasteiger partial charge in [-0.1, -0.05) is 136 Å². The van der Waals surface area contributed by atoms with E-state index in [1.807, 2.05) is 20.8 Å². The molecule has 0 bridgehead atoms. The number of esters is 3. The maximum atomic E-state index is 14.7. The minimum absolute atomic E-state index is 0.0441. The number of nitriles is 1. The van der Waals surface area contributed by atoms with Crippen molar-refractivity contribution in [3.8, 4) is 17.6 Å². The number of anilines is 2. The summed E-state index contributed by atoms with van der Waals surface area (Å²) in [6, 6.07) is 8.55. The van der Waals surface area contributed by atoms with Gasteiger partial charge in [0.05, 0.1) is 46.0 Å². The normalized spacial score (nSPS) is 16.1. The van der Waals surface area contributed by atoms with Gasteiger partial charge < -0.3 is 14.2 Å². The number of hydrogen-bond donors (Lipinski definition) is 0. The van der Waals surface area contributed by atoms with Crippen LogP contribution in [0.1, 0.15) is 121 Å². The van der Waals surface area contributed by atoms with Crippen molar-refractivity contribution in [2.24, 2.45) is 28.6 Å². The van der Waals surface area contributed by atoms with Crippen LogP contribution in [0.3, 0.4) is 0 Å². The van der Waals surface area contributed by atoms with Gasteiger partial charge in [0, 0.05) is 37.6 Å². The van der Waals surface area contributed by atoms with Gasteiger partial charge in [0.15, 0.2) is 17.1 Å². The van der Waals surface area contributed by atoms with E-state index < -0.39 is 29.7 Å². The summed E-state index contributed by atoms with van der Waals surface area (Å²) in [5, 5.41) is 13.0. The van der Waals surface area contributed by atoms with Gasteiger partial charge in [-0.25, -0.2) is 14.8 Å². The zero-order chi connectivity index (χ0) is 48.8. The summed E-state index contributed by atoms with van der Waals surface area (Å²) in [6.07, 6.45) is 11.5. The Bertz CT molecular complexity index is 2350. The third-order valence-electron chi connectivity index (χ3n) is 10.9. The van der Waals surface area contributed by atoms with E-state index in [1.165, 1.54) is 34.8 Å². The highest BCUT2D eigenvalue weighted by Crippen LogP contribution is 2.69. The number of amides is 2. The van der Waals surface area contributed by atoms with Gasteiger partial charge in [0.1, 0.15) is 11.6 Å². The molecule has 5 heterocycles. The summed E-state index contributed by atoms with van der Waals surface area (Å²) in [6.45, 7) is 20.9. The highest BCUT2D eigenvalue weighted by atomic mass is 32.2. The third kappa shape index (κ3) is 12.7. The summed E-state index contributed by atoms with van der Waals surface area (Å²) < 4.78 is 19.0. The number of rotatable bonds is 17. The van der Waals surface area contributed by atoms with Crippen molar-refractivity contribution < 1.29 is 38.2 Å². The fraction of sp³-hybridized carbons (Fsp3) is 0.480. The first-order valence-corrected chi connectivity index (χ1v) is 25.9. The zero-order valence-electron chi connectivity index (χ0n) is 39.8. The Morgan fingerprint density at radius 3 is 1.54 bits per heavy atom. The number of unbranched alkanes of at least 4 members (excludes halogenated alkanes) is 1. The smallest absolute Gasteiger partial charge is 0.350 e. The largest absolute Gasteiger partial charge is 0.461 e. The minimum Gasteiger partial charge on any atom is -0.461 e. The molecule has 1 saturated heterocycles. The molecule has 17 heteroatoms. The molecule has 6 rings (SSSR count). The summed E-state index contributed by atoms with van der Waals surface area (Å²) in [5.74, 6) is -2.75. The zero-order valence-corrected chi connectivity index (χ0v) is 43.1. The second-order valence-corrected chi connectivity index (χ2v) is 24.2. The van der Waals surface area contributed by atoms with E-state index in [4.69, 9.17) is 14.2 Å². The molecule has 3 aliphatic heterocycles. The molecule has 3 unspecified atom stereocenters. The lowest BCUT2D eigenvalue weighted by Gasteiger charge is -2.26. The summed E-state index contributed by atoms with van der Waals surface area (Å²) >= 11 is 4.24. The van der Waals surface area contributed by atoms with E-state index in [0.29, 0.717) is 31.0 Å². The van der Waals surface area contributed by atoms with Crippen LogP contribution in [-0.2, 0) is 28.7 Å². The molecule has 0 spiro atoms. The number of nitrogens with zero attached hydrogens (tertiary/aromatic N) is 5. The second kappa shape index (κ2) is 22.1. The standard InChI is InChI=1S/C50H59N5O8S4/c1-11-13-14-31(12-2)28-61-46(60)34(27-51)47-64-40-38(62-35(56)23-29(3)25-49(5,6)7)42-43(39(41(40)65-47)63-36(57)24-30(4)26-50(8,9)10)67-48(66-42)37-44(58)54(32-15-19-52-20-16-32)55(45(37)59)33-17-21-53-22-18-33/h15-22,29-31H,11-14,23-26,28H2,1-10H3. The fourth-order valence-electron chi connectivity index (χ4n) is 8.34. The van der Waals surface area contributed by atoms with Gasteiger partial charge in [-0.05, 0) is 72.1 Å². The predicted molar refractivity (Wildman–Crippen MR) is 264 cm³/mol. The monoisotopic (exact) mass is 985 g/mol. The van der Waals surface area contributed by atoms with Gasteiger partial charge in [0.2, 0.25) is 0 Å². The Balaban J connectivity index is 1.50. The molecule has 0 saturated carbocycles. The number of pyridine rings is 2. The van der Waals surface area contributed by atoms with Crippen LogP contribution >= 0.6 is 47.0 Å². The fourth-order valence-corrected chi connectivity index (χ4v) is 13.7. The molecule has 1 aromatic carbocycles. The Morgan fingerprint density at radius 1 is 0.716 bits per heavy atom. The van der Waals surface area contributed by atoms with Gasteiger partial charge in [-0.3, -0.25) is 29.1 Å². The van der Waals surface area contributed by atoms with Crippen molar-refractivity contribution in [2.75, 3.05) is 16.6 Å². The van der Waals surface area contributed by atoms with Crippen LogP contribution in [0, 0.1) is 39.9 Å². The molecule has 3 atom stereocenters. The Morgan fingerprint density at radius 2 is 1.15 bits per heavy atom. The molecular formula is C50H59N5O8S4. The third-order valence-corrected chi connectivity index (χ3v) is 16.1. The average Bonchev–Trinajstić information content (AvgIpc) is 3.95. The molecule has 356 valence electrons. The maximum absolute atomic E-state index is 14.7. The SMILES string of the molecule is CCCCC(CC)COC(=O)C(C#N)=C1Sc2c(OC(=O)CC(C)CC(C)(C)C)c3c(c(OC(=O)CC(C)CC(C)(C)C)c2S1)SC(=C1C(=O)N(c2ccncc2)N(c2ccncc2)C1=O)S3. The van der Waals surface area contributed by atoms with Crippen LogP contribution in [0.4, 0.5) is 11.4 Å². The van der Waals surface area contributed by atoms with Gasteiger partial charge in [0.25, 0.3) is 11.8 Å². The number of carbonyl (C=O) groups is 5. The number of ether oxygens (including phenoxy) is 3. The molecule has 13 nitrogen and oxygen atoms in total. The van der Waals surface area contributed by atoms with Gasteiger partial charge in [-0.2, -0.15) is 5.26 Å². The first kappa shape index (κ1) is 51.6. The van der Waals surface area contributed by atoms with E-state index >= 15 is 0 Å². The Hall–Kier alpha value is -4.76. The van der Waals surface area contributed by atoms with Crippen LogP contribution in [-0.4, -0.2) is 46.3 Å². The van der Waals surface area contributed by atoms with E-state index in [0.717, 1.165) is 85.6 Å². The van der Waals surface area contributed by atoms with Crippen LogP contribution in [0.15, 0.2) is 88.3 Å². The minimum atomic E-state index is -0.775. The molecule has 0 N–H and O–H groups in total. The Labute approximate surface area is 411 Å². The number of fused-ring (bicyclic) bond motifs is 2. The number of hydrogen-bond acceptors (Lipinski definition) is 15. The first-order chi connectivity index (χ1) is 31.7. The highest BCUT2D eigenvalue weighted by Gasteiger charge is 2.48. The van der Waals surface area contributed by atoms with Crippen molar-refractivity contribution in [3.05, 3.63) is 68.7 Å². The molecule has 0 aliphatic carbocycles. The summed E-state index contributed by atoms with van der Waals surface area (Å²) in [5.41, 5.74) is 0.319. The van der Waals surface area contributed by atoms with Crippen LogP contribution in [0.25, 0.3) is 0 Å². The molecule has 1 fully saturated rings. The molecule has 3 aromatic rings. The lowest BCUT2D eigenvalue weighted by atomic mass is 9.84. The molecule has 2 aromatic heterocycles. The first-order valence-electron chi connectivity index (χ1n) is 22.6. The van der Waals surface area contributed by atoms with Crippen LogP contribution < -0.4 is 19.5 Å². The molecule has 3 aliphatic rings. The number of hydrazine groups is 1. The quantitative estimate of drug-likeness (QED) is 0.0411. The van der Waals surface area contributed by atoms with Crippen molar-refractivity contribution >= 4 is 88.1 Å². The highest BCUT2D eigenvalue weighted by molar-refractivity contribution is 8.26. The van der Waals surface area contributed by atoms with Crippen molar-refractivity contribution in [3.63, 3.8) is 0 Å². The second-order valence-electron chi connectivity index (χ2n) is 19.6. The average molecular weight is 986 g/mol. The number of aromatic nitrogens is 2. The Kier molecular flexibility index (Phi) is 17.0. The summed E-state index contributed by atoms with van der Waals surface area (Å²) in [7, 11) is 0. The number of thioether (sulfide) groups is 4. The summed E-state index contributed by atoms with van der Waals surface area (Å²) in [4.78, 5) is 80.9. The molecular weight excluding hydrogens is 927 g/mol. The van der Waals surface area contributed by atoms with Crippen molar-refractivity contribution in [1.29, 1.82) is 5.26 Å². The van der Waals surface area contributed by atoms with Crippen LogP contribution in [0.2, 0.25) is 0 Å². The predicted octanol–water partition coefficient (Wildman–Crippen LogP) is 12.3. The number of benzene rings is 1. The lowest BCUT2D eigenvalue weighted by Crippen LogP contribution is -2.41. The van der Waals surface area contributed by atoms with Crippen LogP contribution in [0.5, 0.6) is 11.5 Å². The van der Waals surface area contributed by atoms with Crippen molar-refractivity contribution in [2.45, 2.75) is 140 Å². The van der Waals surface area contributed by atoms with Crippen molar-refractivity contribution in [1.82, 2.24) is 9.97 Å². The topological polar surface area (TPSA) is 169 Å². The van der Waals surface area contributed by atoms with E-state index in [2.05, 4.69) is 64.5 Å². The van der Waals surface area contributed by atoms with Gasteiger partial charge in [-0.15, -0.1) is 0 Å². The molecule has 67 heavy (non-hydrogen) atoms. The maximum Gasteiger partial charge on any atom is 0.350 e. The van der Waals surface area contributed by atoms with Gasteiger partial charge >= 0.3 is 17.9 Å². The number of carbonyl (C=O) groups excluding carboxylic acids is 5. The van der Waals surface area contributed by atoms with E-state index in [-0.39, 0.29) is 79.2 Å². The molecule has 0 radical (unpaired) electrons. The molecule has 2 amide bonds. The van der Waals surface area contributed by atoms with E-state index in [1.54, 1.807) is 24.3 Å².